The number of aryl methyl sites for hydroxylation is 1. The average Bonchev–Trinajstić information content (AvgIpc) is 2.87. The van der Waals surface area contributed by atoms with Crippen LogP contribution in [0.5, 0.6) is 40.2 Å². The van der Waals surface area contributed by atoms with Gasteiger partial charge in [0.1, 0.15) is 0 Å². The maximum Gasteiger partial charge on any atom is 0.206 e. The van der Waals surface area contributed by atoms with Gasteiger partial charge in [0.25, 0.3) is 0 Å². The molecule has 0 bridgehead atoms. The van der Waals surface area contributed by atoms with E-state index in [4.69, 9.17) is 0 Å². The highest BCUT2D eigenvalue weighted by Crippen LogP contribution is 2.54. The number of aromatic hydroxyl groups is 7. The van der Waals surface area contributed by atoms with Crippen LogP contribution in [-0.2, 0) is 0 Å². The molecule has 8 N–H and O–H groups in total. The molecule has 1 heterocycles. The minimum Gasteiger partial charge on any atom is -0.504 e. The molecule has 8 heteroatoms. The van der Waals surface area contributed by atoms with E-state index in [1.54, 1.807) is 0 Å². The Bertz CT molecular complexity index is 852. The summed E-state index contributed by atoms with van der Waals surface area (Å²) < 4.78 is 0. The molecule has 0 atom stereocenters. The maximum atomic E-state index is 9.96. The Labute approximate surface area is 116 Å². The molecule has 21 heavy (non-hydrogen) atoms. The monoisotopic (exact) mass is 293 g/mol. The molecule has 0 saturated carbocycles. The van der Waals surface area contributed by atoms with E-state index in [2.05, 4.69) is 4.98 Å². The largest absolute Gasteiger partial charge is 0.504 e. The van der Waals surface area contributed by atoms with E-state index < -0.39 is 40.2 Å². The smallest absolute Gasteiger partial charge is 0.206 e. The van der Waals surface area contributed by atoms with E-state index in [0.29, 0.717) is 0 Å². The highest BCUT2D eigenvalue weighted by Gasteiger charge is 2.26. The maximum absolute atomic E-state index is 9.96. The van der Waals surface area contributed by atoms with Crippen LogP contribution >= 0.6 is 0 Å². The van der Waals surface area contributed by atoms with Crippen LogP contribution in [0.25, 0.3) is 21.8 Å². The number of H-pyrrole nitrogens is 1. The van der Waals surface area contributed by atoms with Crippen LogP contribution in [0.1, 0.15) is 5.56 Å². The van der Waals surface area contributed by atoms with Gasteiger partial charge in [0, 0.05) is 10.9 Å². The van der Waals surface area contributed by atoms with Crippen molar-refractivity contribution < 1.29 is 35.7 Å². The molecule has 0 saturated heterocycles. The van der Waals surface area contributed by atoms with E-state index in [1.807, 2.05) is 0 Å². The van der Waals surface area contributed by atoms with Crippen molar-refractivity contribution >= 4 is 21.8 Å². The van der Waals surface area contributed by atoms with Crippen LogP contribution in [0.2, 0.25) is 0 Å². The molecule has 1 aromatic heterocycles. The Balaban J connectivity index is 2.73. The van der Waals surface area contributed by atoms with Gasteiger partial charge in [-0.25, -0.2) is 0 Å². The SMILES string of the molecule is Cc1c(O)c(O)c(O)c2[nH]c3c(O)c(O)c(O)c(O)c3c12. The number of aromatic nitrogens is 1. The topological polar surface area (TPSA) is 157 Å². The van der Waals surface area contributed by atoms with E-state index in [0.717, 1.165) is 0 Å². The second kappa shape index (κ2) is 3.69. The Morgan fingerprint density at radius 1 is 0.524 bits per heavy atom. The molecule has 0 unspecified atom stereocenters. The molecule has 0 aliphatic rings. The van der Waals surface area contributed by atoms with Crippen LogP contribution in [0, 0.1) is 6.92 Å². The lowest BCUT2D eigenvalue weighted by molar-refractivity contribution is 0.350. The molecule has 0 amide bonds. The lowest BCUT2D eigenvalue weighted by Gasteiger charge is -2.08. The van der Waals surface area contributed by atoms with Crippen molar-refractivity contribution in [3.8, 4) is 40.2 Å². The summed E-state index contributed by atoms with van der Waals surface area (Å²) in [6.07, 6.45) is 0. The number of hydrogen-bond donors (Lipinski definition) is 8. The molecule has 0 aliphatic carbocycles. The van der Waals surface area contributed by atoms with Crippen molar-refractivity contribution in [1.29, 1.82) is 0 Å². The molecular weight excluding hydrogens is 282 g/mol. The Morgan fingerprint density at radius 3 is 1.52 bits per heavy atom. The van der Waals surface area contributed by atoms with Gasteiger partial charge in [0.05, 0.1) is 16.4 Å². The number of aromatic amines is 1. The molecule has 110 valence electrons. The molecule has 0 aliphatic heterocycles. The molecule has 0 radical (unpaired) electrons. The van der Waals surface area contributed by atoms with E-state index in [9.17, 15) is 35.7 Å². The highest BCUT2D eigenvalue weighted by atomic mass is 16.3. The summed E-state index contributed by atoms with van der Waals surface area (Å²) in [6, 6.07) is 0. The van der Waals surface area contributed by atoms with Gasteiger partial charge in [-0.05, 0) is 6.92 Å². The van der Waals surface area contributed by atoms with Crippen molar-refractivity contribution in [3.05, 3.63) is 5.56 Å². The van der Waals surface area contributed by atoms with Gasteiger partial charge in [0.2, 0.25) is 17.2 Å². The number of hydrogen-bond acceptors (Lipinski definition) is 7. The van der Waals surface area contributed by atoms with Crippen LogP contribution < -0.4 is 0 Å². The molecule has 0 fully saturated rings. The molecule has 0 spiro atoms. The number of fused-ring (bicyclic) bond motifs is 3. The third kappa shape index (κ3) is 1.33. The molecule has 3 aromatic rings. The zero-order valence-corrected chi connectivity index (χ0v) is 10.6. The van der Waals surface area contributed by atoms with Crippen molar-refractivity contribution in [2.24, 2.45) is 0 Å². The standard InChI is InChI=1S/C13H11NO7/c1-2-3-4-6(10(18)13(21)12(20)8(4)16)14-5(3)9(17)11(19)7(2)15/h14-21H,1H3. The molecule has 8 nitrogen and oxygen atoms in total. The van der Waals surface area contributed by atoms with Crippen LogP contribution in [0.4, 0.5) is 0 Å². The summed E-state index contributed by atoms with van der Waals surface area (Å²) in [5.41, 5.74) is -0.138. The first-order chi connectivity index (χ1) is 9.77. The zero-order chi connectivity index (χ0) is 15.6. The summed E-state index contributed by atoms with van der Waals surface area (Å²) in [6.45, 7) is 1.41. The number of phenolic OH excluding ortho intramolecular Hbond substituents is 7. The first-order valence-corrected chi connectivity index (χ1v) is 5.82. The predicted octanol–water partition coefficient (Wildman–Crippen LogP) is 1.57. The fourth-order valence-electron chi connectivity index (χ4n) is 2.45. The quantitative estimate of drug-likeness (QED) is 0.231. The minimum atomic E-state index is -0.938. The molecular formula is C13H11NO7. The van der Waals surface area contributed by atoms with Crippen LogP contribution in [-0.4, -0.2) is 40.7 Å². The Hall–Kier alpha value is -3.16. The summed E-state index contributed by atoms with van der Waals surface area (Å²) in [5.74, 6) is -5.41. The van der Waals surface area contributed by atoms with E-state index in [1.165, 1.54) is 6.92 Å². The van der Waals surface area contributed by atoms with E-state index in [-0.39, 0.29) is 27.4 Å². The van der Waals surface area contributed by atoms with Crippen molar-refractivity contribution in [2.45, 2.75) is 6.92 Å². The fourth-order valence-corrected chi connectivity index (χ4v) is 2.45. The van der Waals surface area contributed by atoms with Crippen LogP contribution in [0.15, 0.2) is 0 Å². The van der Waals surface area contributed by atoms with Gasteiger partial charge in [-0.15, -0.1) is 0 Å². The lowest BCUT2D eigenvalue weighted by Crippen LogP contribution is -1.81. The van der Waals surface area contributed by atoms with Gasteiger partial charge < -0.3 is 40.7 Å². The van der Waals surface area contributed by atoms with Gasteiger partial charge in [-0.2, -0.15) is 0 Å². The van der Waals surface area contributed by atoms with Crippen molar-refractivity contribution in [3.63, 3.8) is 0 Å². The summed E-state index contributed by atoms with van der Waals surface area (Å²) in [5, 5.41) is 68.1. The third-order valence-corrected chi connectivity index (χ3v) is 3.56. The van der Waals surface area contributed by atoms with Crippen LogP contribution in [0.3, 0.4) is 0 Å². The lowest BCUT2D eigenvalue weighted by atomic mass is 10.0. The Morgan fingerprint density at radius 2 is 0.952 bits per heavy atom. The number of rotatable bonds is 0. The number of nitrogens with one attached hydrogen (secondary N) is 1. The van der Waals surface area contributed by atoms with E-state index >= 15 is 0 Å². The van der Waals surface area contributed by atoms with Crippen molar-refractivity contribution in [2.75, 3.05) is 0 Å². The summed E-state index contributed by atoms with van der Waals surface area (Å²) >= 11 is 0. The number of phenols is 7. The summed E-state index contributed by atoms with van der Waals surface area (Å²) in [4.78, 5) is 2.53. The second-order valence-corrected chi connectivity index (χ2v) is 4.69. The normalized spacial score (nSPS) is 11.5. The number of benzene rings is 2. The first kappa shape index (κ1) is 12.9. The zero-order valence-electron chi connectivity index (χ0n) is 10.6. The Kier molecular flexibility index (Phi) is 2.26. The fraction of sp³-hybridized carbons (Fsp3) is 0.0769. The third-order valence-electron chi connectivity index (χ3n) is 3.56. The minimum absolute atomic E-state index is 0.0756. The highest BCUT2D eigenvalue weighted by molar-refractivity contribution is 6.18. The second-order valence-electron chi connectivity index (χ2n) is 4.69. The van der Waals surface area contributed by atoms with Gasteiger partial charge in [-0.1, -0.05) is 0 Å². The molecule has 2 aromatic carbocycles. The van der Waals surface area contributed by atoms with Crippen molar-refractivity contribution in [1.82, 2.24) is 4.98 Å². The first-order valence-electron chi connectivity index (χ1n) is 5.82. The summed E-state index contributed by atoms with van der Waals surface area (Å²) in [7, 11) is 0. The van der Waals surface area contributed by atoms with Gasteiger partial charge in [0.15, 0.2) is 23.0 Å². The average molecular weight is 293 g/mol. The molecule has 3 rings (SSSR count). The predicted molar refractivity (Wildman–Crippen MR) is 72.2 cm³/mol. The van der Waals surface area contributed by atoms with Gasteiger partial charge in [-0.3, -0.25) is 0 Å². The van der Waals surface area contributed by atoms with Gasteiger partial charge >= 0.3 is 0 Å².